The summed E-state index contributed by atoms with van der Waals surface area (Å²) in [7, 11) is 0. The van der Waals surface area contributed by atoms with Crippen molar-refractivity contribution in [2.75, 3.05) is 0 Å². The summed E-state index contributed by atoms with van der Waals surface area (Å²) in [5, 5.41) is 0. The van der Waals surface area contributed by atoms with Crippen LogP contribution < -0.4 is 5.73 Å². The van der Waals surface area contributed by atoms with Crippen LogP contribution in [0.3, 0.4) is 0 Å². The molecule has 80 valence electrons. The Labute approximate surface area is 88.1 Å². The van der Waals surface area contributed by atoms with Gasteiger partial charge in [0.1, 0.15) is 0 Å². The predicted molar refractivity (Wildman–Crippen MR) is 63.1 cm³/mol. The minimum Gasteiger partial charge on any atom is -0.321 e. The highest BCUT2D eigenvalue weighted by Gasteiger charge is 2.30. The molecule has 1 atom stereocenters. The summed E-state index contributed by atoms with van der Waals surface area (Å²) < 4.78 is 0. The van der Waals surface area contributed by atoms with Gasteiger partial charge >= 0.3 is 0 Å². The fraction of sp³-hybridized carbons (Fsp3) is 0.692. The molecule has 1 nitrogen and oxygen atoms in total. The fourth-order valence-corrected chi connectivity index (χ4v) is 2.68. The lowest BCUT2D eigenvalue weighted by atomic mass is 9.70. The third kappa shape index (κ3) is 2.27. The van der Waals surface area contributed by atoms with Gasteiger partial charge in [-0.2, -0.15) is 0 Å². The summed E-state index contributed by atoms with van der Waals surface area (Å²) in [4.78, 5) is 0. The molecule has 1 heteroatoms. The second-order valence-corrected chi connectivity index (χ2v) is 4.98. The van der Waals surface area contributed by atoms with Gasteiger partial charge in [0, 0.05) is 6.04 Å². The molecular weight excluding hydrogens is 170 g/mol. The maximum atomic E-state index is 6.18. The highest BCUT2D eigenvalue weighted by molar-refractivity contribution is 5.30. The summed E-state index contributed by atoms with van der Waals surface area (Å²) in [5.41, 5.74) is 9.44. The second-order valence-electron chi connectivity index (χ2n) is 4.98. The monoisotopic (exact) mass is 193 g/mol. The largest absolute Gasteiger partial charge is 0.321 e. The first-order valence-corrected chi connectivity index (χ1v) is 5.57. The van der Waals surface area contributed by atoms with E-state index in [0.717, 1.165) is 0 Å². The first kappa shape index (κ1) is 11.5. The van der Waals surface area contributed by atoms with Crippen LogP contribution in [-0.2, 0) is 0 Å². The van der Waals surface area contributed by atoms with E-state index < -0.39 is 0 Å². The van der Waals surface area contributed by atoms with Crippen LogP contribution in [0.4, 0.5) is 0 Å². The molecular formula is C13H23N. The summed E-state index contributed by atoms with van der Waals surface area (Å²) in [6.45, 7) is 8.90. The van der Waals surface area contributed by atoms with Crippen LogP contribution in [0.15, 0.2) is 23.3 Å². The summed E-state index contributed by atoms with van der Waals surface area (Å²) in [5.74, 6) is 0. The molecule has 0 aromatic carbocycles. The maximum absolute atomic E-state index is 6.18. The fourth-order valence-electron chi connectivity index (χ4n) is 2.68. The zero-order valence-corrected chi connectivity index (χ0v) is 9.93. The van der Waals surface area contributed by atoms with E-state index in [1.54, 1.807) is 0 Å². The Morgan fingerprint density at radius 1 is 1.43 bits per heavy atom. The normalized spacial score (nSPS) is 24.4. The molecule has 0 amide bonds. The van der Waals surface area contributed by atoms with Gasteiger partial charge in [0.15, 0.2) is 0 Å². The molecule has 0 spiro atoms. The van der Waals surface area contributed by atoms with E-state index in [0.29, 0.717) is 5.41 Å². The molecule has 2 N–H and O–H groups in total. The molecule has 1 aliphatic rings. The van der Waals surface area contributed by atoms with E-state index in [1.165, 1.54) is 30.4 Å². The lowest BCUT2D eigenvalue weighted by molar-refractivity contribution is 0.352. The van der Waals surface area contributed by atoms with Gasteiger partial charge in [-0.05, 0) is 44.1 Å². The van der Waals surface area contributed by atoms with Crippen LogP contribution in [0.2, 0.25) is 0 Å². The second kappa shape index (κ2) is 4.31. The molecule has 0 fully saturated rings. The van der Waals surface area contributed by atoms with Gasteiger partial charge < -0.3 is 5.73 Å². The Kier molecular flexibility index (Phi) is 3.54. The van der Waals surface area contributed by atoms with E-state index in [9.17, 15) is 0 Å². The van der Waals surface area contributed by atoms with Crippen LogP contribution >= 0.6 is 0 Å². The van der Waals surface area contributed by atoms with Gasteiger partial charge in [-0.1, -0.05) is 31.6 Å². The molecule has 14 heavy (non-hydrogen) atoms. The molecule has 0 bridgehead atoms. The summed E-state index contributed by atoms with van der Waals surface area (Å²) in [6, 6.07) is 0.121. The Balaban J connectivity index is 3.01. The molecule has 0 aromatic rings. The standard InChI is InChI=1S/C13H23N/c1-5-7-11(14)12-10(2)8-6-9-13(12,3)4/h5,7,11H,6,8-9,14H2,1-4H3/b7-5+. The van der Waals surface area contributed by atoms with Crippen molar-refractivity contribution in [1.29, 1.82) is 0 Å². The van der Waals surface area contributed by atoms with Gasteiger partial charge in [-0.3, -0.25) is 0 Å². The third-order valence-corrected chi connectivity index (χ3v) is 3.28. The molecule has 1 unspecified atom stereocenters. The van der Waals surface area contributed by atoms with E-state index >= 15 is 0 Å². The van der Waals surface area contributed by atoms with Crippen molar-refractivity contribution in [3.05, 3.63) is 23.3 Å². The van der Waals surface area contributed by atoms with Gasteiger partial charge in [0.05, 0.1) is 0 Å². The van der Waals surface area contributed by atoms with E-state index in [2.05, 4.69) is 32.9 Å². The van der Waals surface area contributed by atoms with Crippen molar-refractivity contribution >= 4 is 0 Å². The van der Waals surface area contributed by atoms with Crippen LogP contribution in [0.25, 0.3) is 0 Å². The van der Waals surface area contributed by atoms with Crippen molar-refractivity contribution < 1.29 is 0 Å². The molecule has 0 saturated carbocycles. The Morgan fingerprint density at radius 3 is 2.57 bits per heavy atom. The summed E-state index contributed by atoms with van der Waals surface area (Å²) in [6.07, 6.45) is 7.96. The number of hydrogen-bond acceptors (Lipinski definition) is 1. The number of nitrogens with two attached hydrogens (primary N) is 1. The molecule has 1 rings (SSSR count). The zero-order chi connectivity index (χ0) is 10.8. The minimum atomic E-state index is 0.121. The van der Waals surface area contributed by atoms with Crippen LogP contribution in [0.5, 0.6) is 0 Å². The third-order valence-electron chi connectivity index (χ3n) is 3.28. The molecule has 0 heterocycles. The van der Waals surface area contributed by atoms with Gasteiger partial charge in [-0.25, -0.2) is 0 Å². The number of hydrogen-bond donors (Lipinski definition) is 1. The highest BCUT2D eigenvalue weighted by Crippen LogP contribution is 2.41. The predicted octanol–water partition coefficient (Wildman–Crippen LogP) is 3.42. The molecule has 0 aromatic heterocycles. The maximum Gasteiger partial charge on any atom is 0.0447 e. The van der Waals surface area contributed by atoms with Crippen molar-refractivity contribution in [3.8, 4) is 0 Å². The number of allylic oxidation sites excluding steroid dienone is 2. The van der Waals surface area contributed by atoms with E-state index in [1.807, 2.05) is 6.92 Å². The van der Waals surface area contributed by atoms with Crippen molar-refractivity contribution in [2.24, 2.45) is 11.1 Å². The van der Waals surface area contributed by atoms with E-state index in [4.69, 9.17) is 5.73 Å². The van der Waals surface area contributed by atoms with Crippen LogP contribution in [-0.4, -0.2) is 6.04 Å². The van der Waals surface area contributed by atoms with Gasteiger partial charge in [0.2, 0.25) is 0 Å². The Hall–Kier alpha value is -0.560. The quantitative estimate of drug-likeness (QED) is 0.668. The molecule has 1 aliphatic carbocycles. The smallest absolute Gasteiger partial charge is 0.0447 e. The Bertz CT molecular complexity index is 258. The lowest BCUT2D eigenvalue weighted by Gasteiger charge is -2.37. The molecule has 0 aliphatic heterocycles. The SMILES string of the molecule is C/C=C/C(N)C1=C(C)CCCC1(C)C. The van der Waals surface area contributed by atoms with Crippen molar-refractivity contribution in [1.82, 2.24) is 0 Å². The van der Waals surface area contributed by atoms with Gasteiger partial charge in [0.25, 0.3) is 0 Å². The first-order chi connectivity index (χ1) is 6.49. The average molecular weight is 193 g/mol. The summed E-state index contributed by atoms with van der Waals surface area (Å²) >= 11 is 0. The van der Waals surface area contributed by atoms with E-state index in [-0.39, 0.29) is 6.04 Å². The lowest BCUT2D eigenvalue weighted by Crippen LogP contribution is -2.33. The molecule has 0 saturated heterocycles. The van der Waals surface area contributed by atoms with Crippen LogP contribution in [0, 0.1) is 5.41 Å². The van der Waals surface area contributed by atoms with Crippen LogP contribution in [0.1, 0.15) is 47.0 Å². The van der Waals surface area contributed by atoms with Crippen molar-refractivity contribution in [2.45, 2.75) is 53.0 Å². The average Bonchev–Trinajstić information content (AvgIpc) is 2.02. The number of rotatable bonds is 2. The zero-order valence-electron chi connectivity index (χ0n) is 9.93. The first-order valence-electron chi connectivity index (χ1n) is 5.57. The van der Waals surface area contributed by atoms with Gasteiger partial charge in [-0.15, -0.1) is 0 Å². The Morgan fingerprint density at radius 2 is 2.07 bits per heavy atom. The molecule has 0 radical (unpaired) electrons. The topological polar surface area (TPSA) is 26.0 Å². The highest BCUT2D eigenvalue weighted by atomic mass is 14.6. The minimum absolute atomic E-state index is 0.121. The van der Waals surface area contributed by atoms with Crippen molar-refractivity contribution in [3.63, 3.8) is 0 Å².